The lowest BCUT2D eigenvalue weighted by atomic mass is 9.92. The van der Waals surface area contributed by atoms with Crippen LogP contribution < -0.4 is 5.11 Å². The Morgan fingerprint density at radius 1 is 1.00 bits per heavy atom. The summed E-state index contributed by atoms with van der Waals surface area (Å²) in [5.74, 6) is -1.20. The first-order chi connectivity index (χ1) is 11.7. The minimum absolute atomic E-state index is 0.315. The predicted molar refractivity (Wildman–Crippen MR) is 103 cm³/mol. The molecule has 4 nitrogen and oxygen atoms in total. The molecule has 0 aliphatic heterocycles. The van der Waals surface area contributed by atoms with E-state index in [9.17, 15) is 15.0 Å². The Hall–Kier alpha value is -1.13. The number of rotatable bonds is 15. The number of aliphatic hydroxyl groups is 1. The zero-order chi connectivity index (χ0) is 19.2. The molecule has 0 amide bonds. The molecule has 25 heavy (non-hydrogen) atoms. The molecule has 0 rings (SSSR count). The van der Waals surface area contributed by atoms with Gasteiger partial charge in [-0.3, -0.25) is 0 Å². The van der Waals surface area contributed by atoms with Crippen LogP contribution in [0.1, 0.15) is 71.1 Å². The molecular formula is C21H39NO3. The summed E-state index contributed by atoms with van der Waals surface area (Å²) in [5.41, 5.74) is -1.22. The van der Waals surface area contributed by atoms with E-state index < -0.39 is 11.6 Å². The van der Waals surface area contributed by atoms with Crippen molar-refractivity contribution in [1.29, 1.82) is 0 Å². The van der Waals surface area contributed by atoms with Gasteiger partial charge < -0.3 is 19.5 Å². The summed E-state index contributed by atoms with van der Waals surface area (Å²) in [4.78, 5) is 10.9. The van der Waals surface area contributed by atoms with Gasteiger partial charge in [-0.15, -0.1) is 0 Å². The maximum Gasteiger partial charge on any atom is 0.119 e. The minimum atomic E-state index is -1.22. The van der Waals surface area contributed by atoms with Gasteiger partial charge in [0.1, 0.15) is 12.1 Å². The Morgan fingerprint density at radius 3 is 2.12 bits per heavy atom. The smallest absolute Gasteiger partial charge is 0.119 e. The van der Waals surface area contributed by atoms with Gasteiger partial charge in [0, 0.05) is 12.4 Å². The molecule has 0 aliphatic carbocycles. The quantitative estimate of drug-likeness (QED) is 0.279. The first kappa shape index (κ1) is 23.9. The van der Waals surface area contributed by atoms with E-state index >= 15 is 0 Å². The van der Waals surface area contributed by atoms with Crippen molar-refractivity contribution in [3.63, 3.8) is 0 Å². The number of aliphatic carboxylic acids is 1. The van der Waals surface area contributed by atoms with E-state index in [1.807, 2.05) is 39.4 Å². The lowest BCUT2D eigenvalue weighted by Gasteiger charge is -2.35. The minimum Gasteiger partial charge on any atom is -0.550 e. The molecule has 0 bridgehead atoms. The van der Waals surface area contributed by atoms with Gasteiger partial charge in [-0.25, -0.2) is 0 Å². The fourth-order valence-corrected chi connectivity index (χ4v) is 3.12. The van der Waals surface area contributed by atoms with Crippen molar-refractivity contribution in [1.82, 2.24) is 0 Å². The maximum absolute atomic E-state index is 10.9. The number of allylic oxidation sites excluding steroid dienone is 4. The number of likely N-dealkylation sites (N-methyl/N-ethyl adjacent to an activating group) is 1. The third-order valence-electron chi connectivity index (χ3n) is 4.13. The van der Waals surface area contributed by atoms with Crippen molar-refractivity contribution < 1.29 is 19.5 Å². The molecule has 0 spiro atoms. The van der Waals surface area contributed by atoms with E-state index in [1.165, 1.54) is 38.5 Å². The predicted octanol–water partition coefficient (Wildman–Crippen LogP) is 3.21. The maximum atomic E-state index is 10.9. The van der Waals surface area contributed by atoms with Gasteiger partial charge in [0.2, 0.25) is 0 Å². The lowest BCUT2D eigenvalue weighted by molar-refractivity contribution is -0.877. The molecule has 1 atom stereocenters. The van der Waals surface area contributed by atoms with Crippen LogP contribution in [0, 0.1) is 0 Å². The van der Waals surface area contributed by atoms with Crippen molar-refractivity contribution in [3.8, 4) is 0 Å². The highest BCUT2D eigenvalue weighted by Gasteiger charge is 2.32. The Bertz CT molecular complexity index is 410. The van der Waals surface area contributed by atoms with E-state index in [0.29, 0.717) is 23.9 Å². The highest BCUT2D eigenvalue weighted by atomic mass is 16.4. The van der Waals surface area contributed by atoms with E-state index in [1.54, 1.807) is 0 Å². The number of hydrogen-bond acceptors (Lipinski definition) is 3. The summed E-state index contributed by atoms with van der Waals surface area (Å²) in [7, 11) is 5.84. The van der Waals surface area contributed by atoms with Gasteiger partial charge in [0.25, 0.3) is 0 Å². The lowest BCUT2D eigenvalue weighted by Crippen LogP contribution is -2.51. The molecule has 1 unspecified atom stereocenters. The number of hydrogen-bond donors (Lipinski definition) is 1. The number of carboxylic acid groups (broad SMARTS) is 1. The Kier molecular flexibility index (Phi) is 12.5. The van der Waals surface area contributed by atoms with Crippen LogP contribution in [0.5, 0.6) is 0 Å². The number of nitrogens with zero attached hydrogens (tertiary/aromatic N) is 1. The van der Waals surface area contributed by atoms with Gasteiger partial charge >= 0.3 is 0 Å². The molecule has 0 aromatic carbocycles. The Balaban J connectivity index is 4.04. The van der Waals surface area contributed by atoms with Crippen LogP contribution in [0.15, 0.2) is 24.3 Å². The van der Waals surface area contributed by atoms with Gasteiger partial charge in [-0.1, -0.05) is 63.3 Å². The van der Waals surface area contributed by atoms with Gasteiger partial charge in [0.05, 0.1) is 21.1 Å². The van der Waals surface area contributed by atoms with Gasteiger partial charge in [-0.2, -0.15) is 0 Å². The Morgan fingerprint density at radius 2 is 1.56 bits per heavy atom. The van der Waals surface area contributed by atoms with Crippen molar-refractivity contribution in [2.45, 2.75) is 76.7 Å². The zero-order valence-corrected chi connectivity index (χ0v) is 16.8. The SMILES string of the molecule is CCCCCCCCC=CC=CCCC(O)(CC(=O)[O-])C[N+](C)(C)C. The summed E-state index contributed by atoms with van der Waals surface area (Å²) in [5, 5.41) is 21.5. The molecular weight excluding hydrogens is 314 g/mol. The first-order valence-corrected chi connectivity index (χ1v) is 9.73. The molecule has 0 aromatic rings. The molecule has 0 radical (unpaired) electrons. The summed E-state index contributed by atoms with van der Waals surface area (Å²) in [6, 6.07) is 0. The molecule has 1 N–H and O–H groups in total. The van der Waals surface area contributed by atoms with Crippen LogP contribution in [0.3, 0.4) is 0 Å². The highest BCUT2D eigenvalue weighted by Crippen LogP contribution is 2.20. The molecule has 0 aromatic heterocycles. The molecule has 146 valence electrons. The third kappa shape index (κ3) is 16.1. The third-order valence-corrected chi connectivity index (χ3v) is 4.13. The van der Waals surface area contributed by atoms with Crippen molar-refractivity contribution in [2.75, 3.05) is 27.7 Å². The van der Waals surface area contributed by atoms with E-state index in [2.05, 4.69) is 13.0 Å². The molecule has 0 fully saturated rings. The number of carboxylic acids is 1. The number of quaternary nitrogens is 1. The topological polar surface area (TPSA) is 60.4 Å². The van der Waals surface area contributed by atoms with Crippen LogP contribution in [-0.4, -0.2) is 48.8 Å². The zero-order valence-electron chi connectivity index (χ0n) is 16.8. The number of carbonyl (C=O) groups excluding carboxylic acids is 1. The molecule has 0 saturated carbocycles. The van der Waals surface area contributed by atoms with Crippen LogP contribution in [0.2, 0.25) is 0 Å². The average molecular weight is 354 g/mol. The summed E-state index contributed by atoms with van der Waals surface area (Å²) < 4.78 is 0.519. The Labute approximate surface area is 154 Å². The largest absolute Gasteiger partial charge is 0.550 e. The molecule has 0 heterocycles. The molecule has 0 aliphatic rings. The van der Waals surface area contributed by atoms with Crippen LogP contribution in [0.25, 0.3) is 0 Å². The van der Waals surface area contributed by atoms with Crippen LogP contribution >= 0.6 is 0 Å². The second-order valence-electron chi connectivity index (χ2n) is 8.17. The van der Waals surface area contributed by atoms with E-state index in [4.69, 9.17) is 0 Å². The fraction of sp³-hybridized carbons (Fsp3) is 0.762. The second-order valence-corrected chi connectivity index (χ2v) is 8.17. The molecule has 0 saturated heterocycles. The standard InChI is InChI=1S/C21H39NO3/c1-5-6-7-8-9-10-11-12-13-14-15-16-17-21(25,18-20(23)24)19-22(2,3)4/h12-15,25H,5-11,16-19H2,1-4H3. The normalized spacial score (nSPS) is 15.1. The van der Waals surface area contributed by atoms with Crippen molar-refractivity contribution >= 4 is 5.97 Å². The van der Waals surface area contributed by atoms with Crippen molar-refractivity contribution in [3.05, 3.63) is 24.3 Å². The molecule has 4 heteroatoms. The van der Waals surface area contributed by atoms with Crippen molar-refractivity contribution in [2.24, 2.45) is 0 Å². The number of unbranched alkanes of at least 4 members (excludes halogenated alkanes) is 6. The van der Waals surface area contributed by atoms with E-state index in [-0.39, 0.29) is 6.42 Å². The monoisotopic (exact) mass is 353 g/mol. The van der Waals surface area contributed by atoms with Gasteiger partial charge in [-0.05, 0) is 25.7 Å². The van der Waals surface area contributed by atoms with E-state index in [0.717, 1.165) is 6.42 Å². The average Bonchev–Trinajstić information content (AvgIpc) is 2.45. The second kappa shape index (κ2) is 13.1. The van der Waals surface area contributed by atoms with Crippen LogP contribution in [-0.2, 0) is 4.79 Å². The summed E-state index contributed by atoms with van der Waals surface area (Å²) >= 11 is 0. The highest BCUT2D eigenvalue weighted by molar-refractivity contribution is 5.65. The number of carbonyl (C=O) groups is 1. The summed E-state index contributed by atoms with van der Waals surface area (Å²) in [6.07, 6.45) is 17.9. The fourth-order valence-electron chi connectivity index (χ4n) is 3.12. The van der Waals surface area contributed by atoms with Crippen LogP contribution in [0.4, 0.5) is 0 Å². The van der Waals surface area contributed by atoms with Gasteiger partial charge in [0.15, 0.2) is 0 Å². The first-order valence-electron chi connectivity index (χ1n) is 9.73. The summed E-state index contributed by atoms with van der Waals surface area (Å²) in [6.45, 7) is 2.62.